The number of halogens is 1. The summed E-state index contributed by atoms with van der Waals surface area (Å²) >= 11 is 7.84. The number of amides is 1. The van der Waals surface area contributed by atoms with Crippen LogP contribution in [0.25, 0.3) is 0 Å². The number of hydrogen-bond donors (Lipinski definition) is 1. The average molecular weight is 422 g/mol. The Hall–Kier alpha value is -1.93. The van der Waals surface area contributed by atoms with Crippen LogP contribution < -0.4 is 10.2 Å². The van der Waals surface area contributed by atoms with E-state index >= 15 is 0 Å². The number of ether oxygens (including phenoxy) is 1. The number of carbonyl (C=O) groups is 1. The van der Waals surface area contributed by atoms with Crippen molar-refractivity contribution in [2.45, 2.75) is 49.1 Å². The minimum Gasteiger partial charge on any atom is -0.495 e. The third kappa shape index (κ3) is 3.67. The fourth-order valence-corrected chi connectivity index (χ4v) is 5.22. The molecule has 7 nitrogen and oxygen atoms in total. The van der Waals surface area contributed by atoms with Gasteiger partial charge in [-0.15, -0.1) is 10.2 Å². The number of aryl methyl sites for hydroxylation is 1. The summed E-state index contributed by atoms with van der Waals surface area (Å²) in [6, 6.07) is 5.42. The van der Waals surface area contributed by atoms with E-state index in [4.69, 9.17) is 16.3 Å². The monoisotopic (exact) mass is 421 g/mol. The number of thioether (sulfide) groups is 1. The van der Waals surface area contributed by atoms with Crippen molar-refractivity contribution in [1.82, 2.24) is 19.8 Å². The molecule has 28 heavy (non-hydrogen) atoms. The summed E-state index contributed by atoms with van der Waals surface area (Å²) in [4.78, 5) is 15.5. The second kappa shape index (κ2) is 8.21. The highest BCUT2D eigenvalue weighted by atomic mass is 35.5. The number of aromatic nitrogens is 3. The van der Waals surface area contributed by atoms with Crippen LogP contribution in [-0.2, 0) is 4.79 Å². The van der Waals surface area contributed by atoms with Gasteiger partial charge >= 0.3 is 0 Å². The molecule has 1 saturated heterocycles. The summed E-state index contributed by atoms with van der Waals surface area (Å²) in [6.07, 6.45) is 4.49. The molecule has 1 aromatic heterocycles. The number of carbonyl (C=O) groups excluding carboxylic acids is 1. The molecular weight excluding hydrogens is 398 g/mol. The topological polar surface area (TPSA) is 72.3 Å². The fraction of sp³-hybridized carbons (Fsp3) is 0.526. The summed E-state index contributed by atoms with van der Waals surface area (Å²) in [5, 5.41) is 9.28. The molecule has 0 radical (unpaired) electrons. The van der Waals surface area contributed by atoms with Crippen LogP contribution in [0.4, 0.5) is 0 Å². The molecule has 150 valence electrons. The van der Waals surface area contributed by atoms with Crippen molar-refractivity contribution < 1.29 is 9.53 Å². The number of benzene rings is 1. The minimum atomic E-state index is -0.335. The Morgan fingerprint density at radius 2 is 2.00 bits per heavy atom. The lowest BCUT2D eigenvalue weighted by molar-refractivity contribution is -0.131. The van der Waals surface area contributed by atoms with Gasteiger partial charge in [0.25, 0.3) is 0 Å². The molecule has 2 atom stereocenters. The normalized spacial score (nSPS) is 22.2. The Labute approximate surface area is 173 Å². The molecule has 2 aliphatic rings. The van der Waals surface area contributed by atoms with Gasteiger partial charge in [0.1, 0.15) is 16.8 Å². The van der Waals surface area contributed by atoms with E-state index in [2.05, 4.69) is 15.6 Å². The average Bonchev–Trinajstić information content (AvgIpc) is 2.90. The molecule has 1 amide bonds. The lowest BCUT2D eigenvalue weighted by atomic mass is 10.0. The van der Waals surface area contributed by atoms with Crippen molar-refractivity contribution in [3.63, 3.8) is 0 Å². The molecule has 0 unspecified atom stereocenters. The Balaban J connectivity index is 1.68. The van der Waals surface area contributed by atoms with Crippen LogP contribution in [0, 0.1) is 6.92 Å². The highest BCUT2D eigenvalue weighted by Gasteiger charge is 2.39. The van der Waals surface area contributed by atoms with E-state index < -0.39 is 0 Å². The zero-order valence-corrected chi connectivity index (χ0v) is 17.6. The van der Waals surface area contributed by atoms with Crippen molar-refractivity contribution in [1.29, 1.82) is 0 Å². The van der Waals surface area contributed by atoms with Crippen molar-refractivity contribution in [3.05, 3.63) is 34.6 Å². The molecule has 0 aliphatic carbocycles. The van der Waals surface area contributed by atoms with Crippen molar-refractivity contribution in [2.75, 3.05) is 25.6 Å². The number of nitrogens with zero attached hydrogens (tertiary/aromatic N) is 4. The van der Waals surface area contributed by atoms with Crippen LogP contribution in [0.3, 0.4) is 0 Å². The first-order valence-corrected chi connectivity index (χ1v) is 10.8. The van der Waals surface area contributed by atoms with Gasteiger partial charge in [-0.2, -0.15) is 0 Å². The van der Waals surface area contributed by atoms with Gasteiger partial charge in [0, 0.05) is 13.1 Å². The first kappa shape index (κ1) is 19.4. The highest BCUT2D eigenvalue weighted by molar-refractivity contribution is 8.00. The molecule has 9 heteroatoms. The second-order valence-corrected chi connectivity index (χ2v) is 8.66. The zero-order valence-electron chi connectivity index (χ0n) is 16.0. The Kier molecular flexibility index (Phi) is 5.68. The first-order valence-electron chi connectivity index (χ1n) is 9.56. The van der Waals surface area contributed by atoms with E-state index in [1.54, 1.807) is 7.11 Å². The lowest BCUT2D eigenvalue weighted by Gasteiger charge is -2.35. The summed E-state index contributed by atoms with van der Waals surface area (Å²) in [5.41, 5.74) is 4.37. The number of hydrogen-bond acceptors (Lipinski definition) is 6. The number of fused-ring (bicyclic) bond motifs is 1. The first-order chi connectivity index (χ1) is 13.6. The molecule has 2 aromatic rings. The van der Waals surface area contributed by atoms with Gasteiger partial charge in [-0.05, 0) is 37.5 Å². The van der Waals surface area contributed by atoms with Crippen molar-refractivity contribution in [3.8, 4) is 5.75 Å². The Bertz CT molecular complexity index is 866. The van der Waals surface area contributed by atoms with E-state index in [0.717, 1.165) is 37.3 Å². The zero-order chi connectivity index (χ0) is 19.7. The van der Waals surface area contributed by atoms with Gasteiger partial charge in [0.15, 0.2) is 0 Å². The van der Waals surface area contributed by atoms with Gasteiger partial charge in [-0.25, -0.2) is 4.68 Å². The van der Waals surface area contributed by atoms with Crippen LogP contribution in [0.1, 0.15) is 43.1 Å². The van der Waals surface area contributed by atoms with Gasteiger partial charge < -0.3 is 15.1 Å². The quantitative estimate of drug-likeness (QED) is 0.818. The number of methoxy groups -OCH3 is 1. The molecule has 1 N–H and O–H groups in total. The summed E-state index contributed by atoms with van der Waals surface area (Å²) in [6.45, 7) is 3.52. The van der Waals surface area contributed by atoms with Crippen LogP contribution in [0.2, 0.25) is 5.02 Å². The minimum absolute atomic E-state index is 0.142. The van der Waals surface area contributed by atoms with Gasteiger partial charge in [0.05, 0.1) is 18.2 Å². The second-order valence-electron chi connectivity index (χ2n) is 7.14. The highest BCUT2D eigenvalue weighted by Crippen LogP contribution is 2.39. The maximum Gasteiger partial charge on any atom is 0.238 e. The van der Waals surface area contributed by atoms with E-state index in [1.165, 1.54) is 24.6 Å². The molecular formula is C19H24ClN5O2S. The molecule has 1 aromatic carbocycles. The van der Waals surface area contributed by atoms with Crippen LogP contribution >= 0.6 is 23.4 Å². The molecule has 3 heterocycles. The predicted octanol–water partition coefficient (Wildman–Crippen LogP) is 3.41. The van der Waals surface area contributed by atoms with Crippen LogP contribution in [-0.4, -0.2) is 51.1 Å². The molecule has 0 bridgehead atoms. The van der Waals surface area contributed by atoms with Crippen LogP contribution in [0.15, 0.2) is 23.4 Å². The van der Waals surface area contributed by atoms with E-state index in [-0.39, 0.29) is 17.2 Å². The SMILES string of the molecule is COc1ccc([C@@H]2Nn3c(C)nnc3S[C@H]2C(=O)N2CCCCCC2)cc1Cl. The maximum atomic E-state index is 13.5. The third-order valence-corrected chi connectivity index (χ3v) is 6.79. The Morgan fingerprint density at radius 3 is 2.68 bits per heavy atom. The number of nitrogens with one attached hydrogen (secondary N) is 1. The van der Waals surface area contributed by atoms with Crippen molar-refractivity contribution >= 4 is 29.3 Å². The van der Waals surface area contributed by atoms with Crippen molar-refractivity contribution in [2.24, 2.45) is 0 Å². The van der Waals surface area contributed by atoms with E-state index in [9.17, 15) is 4.79 Å². The summed E-state index contributed by atoms with van der Waals surface area (Å²) in [5.74, 6) is 1.52. The van der Waals surface area contributed by atoms with Crippen LogP contribution in [0.5, 0.6) is 5.75 Å². The van der Waals surface area contributed by atoms with E-state index in [0.29, 0.717) is 15.9 Å². The summed E-state index contributed by atoms with van der Waals surface area (Å²) < 4.78 is 7.12. The van der Waals surface area contributed by atoms with Gasteiger partial charge in [-0.3, -0.25) is 4.79 Å². The third-order valence-electron chi connectivity index (χ3n) is 5.29. The Morgan fingerprint density at radius 1 is 1.25 bits per heavy atom. The van der Waals surface area contributed by atoms with Gasteiger partial charge in [0.2, 0.25) is 11.1 Å². The van der Waals surface area contributed by atoms with E-state index in [1.807, 2.05) is 34.7 Å². The molecule has 1 fully saturated rings. The lowest BCUT2D eigenvalue weighted by Crippen LogP contribution is -2.46. The predicted molar refractivity (Wildman–Crippen MR) is 110 cm³/mol. The molecule has 0 saturated carbocycles. The van der Waals surface area contributed by atoms with Gasteiger partial charge in [-0.1, -0.05) is 42.3 Å². The maximum absolute atomic E-state index is 13.5. The molecule has 0 spiro atoms. The summed E-state index contributed by atoms with van der Waals surface area (Å²) in [7, 11) is 1.59. The molecule has 4 rings (SSSR count). The molecule has 2 aliphatic heterocycles. The standard InChI is InChI=1S/C19H24ClN5O2S/c1-12-21-22-19-25(12)23-16(13-7-8-15(27-2)14(20)11-13)17(28-19)18(26)24-9-5-3-4-6-10-24/h7-8,11,16-17,23H,3-6,9-10H2,1-2H3/t16-,17+/m0/s1. The number of rotatable bonds is 3. The fourth-order valence-electron chi connectivity index (χ4n) is 3.75. The smallest absolute Gasteiger partial charge is 0.238 e. The largest absolute Gasteiger partial charge is 0.495 e. The number of likely N-dealkylation sites (tertiary alicyclic amines) is 1.